The number of thiophene rings is 1. The lowest BCUT2D eigenvalue weighted by Gasteiger charge is -2.33. The van der Waals surface area contributed by atoms with Gasteiger partial charge in [0.05, 0.1) is 25.7 Å². The van der Waals surface area contributed by atoms with Crippen molar-refractivity contribution in [2.24, 2.45) is 5.92 Å². The van der Waals surface area contributed by atoms with E-state index in [0.29, 0.717) is 5.92 Å². The van der Waals surface area contributed by atoms with E-state index in [9.17, 15) is 4.79 Å². The monoisotopic (exact) mass is 506 g/mol. The number of pyridine rings is 1. The average Bonchev–Trinajstić information content (AvgIpc) is 3.25. The number of carbonyl (C=O) groups is 1. The third-order valence-electron chi connectivity index (χ3n) is 5.76. The van der Waals surface area contributed by atoms with E-state index in [-0.39, 0.29) is 6.09 Å². The maximum Gasteiger partial charge on any atom is 0.410 e. The van der Waals surface area contributed by atoms with Crippen molar-refractivity contribution in [1.29, 1.82) is 0 Å². The SMILES string of the molecule is CCCCc1nc2cnc3cc(Br)sc3c2n1CC1CCN(C(=O)OC(C)(C)C)CC1. The number of imidazole rings is 1. The van der Waals surface area contributed by atoms with Crippen LogP contribution in [-0.4, -0.2) is 44.2 Å². The van der Waals surface area contributed by atoms with Crippen LogP contribution < -0.4 is 0 Å². The molecule has 168 valence electrons. The van der Waals surface area contributed by atoms with Gasteiger partial charge in [0.25, 0.3) is 0 Å². The standard InChI is InChI=1S/C23H31BrN4O2S/c1-5-6-7-19-26-17-13-25-16-12-18(24)31-21(16)20(17)28(19)14-15-8-10-27(11-9-15)22(29)30-23(2,3)4/h12-13,15H,5-11,14H2,1-4H3. The summed E-state index contributed by atoms with van der Waals surface area (Å²) in [5, 5.41) is 0. The summed E-state index contributed by atoms with van der Waals surface area (Å²) in [6.07, 6.45) is 6.94. The average molecular weight is 507 g/mol. The molecule has 0 radical (unpaired) electrons. The van der Waals surface area contributed by atoms with Gasteiger partial charge in [-0.05, 0) is 67.9 Å². The molecule has 0 N–H and O–H groups in total. The van der Waals surface area contributed by atoms with Gasteiger partial charge in [0.2, 0.25) is 0 Å². The Labute approximate surface area is 196 Å². The van der Waals surface area contributed by atoms with Gasteiger partial charge < -0.3 is 14.2 Å². The normalized spacial score (nSPS) is 15.8. The van der Waals surface area contributed by atoms with E-state index < -0.39 is 5.60 Å². The molecule has 4 heterocycles. The fourth-order valence-corrected chi connectivity index (χ4v) is 5.80. The van der Waals surface area contributed by atoms with Gasteiger partial charge in [-0.15, -0.1) is 11.3 Å². The third kappa shape index (κ3) is 5.06. The third-order valence-corrected chi connectivity index (χ3v) is 7.39. The number of rotatable bonds is 5. The fourth-order valence-electron chi connectivity index (χ4n) is 4.20. The van der Waals surface area contributed by atoms with Crippen LogP contribution in [0.2, 0.25) is 0 Å². The van der Waals surface area contributed by atoms with Gasteiger partial charge in [-0.25, -0.2) is 9.78 Å². The lowest BCUT2D eigenvalue weighted by Crippen LogP contribution is -2.42. The highest BCUT2D eigenvalue weighted by Crippen LogP contribution is 2.35. The summed E-state index contributed by atoms with van der Waals surface area (Å²) in [4.78, 5) is 23.8. The number of aromatic nitrogens is 3. The molecule has 31 heavy (non-hydrogen) atoms. The van der Waals surface area contributed by atoms with Gasteiger partial charge in [-0.1, -0.05) is 13.3 Å². The molecule has 6 nitrogen and oxygen atoms in total. The number of likely N-dealkylation sites (tertiary alicyclic amines) is 1. The van der Waals surface area contributed by atoms with Crippen molar-refractivity contribution in [3.05, 3.63) is 21.9 Å². The Morgan fingerprint density at radius 3 is 2.71 bits per heavy atom. The van der Waals surface area contributed by atoms with Crippen LogP contribution >= 0.6 is 27.3 Å². The zero-order valence-electron chi connectivity index (χ0n) is 18.8. The van der Waals surface area contributed by atoms with Crippen molar-refractivity contribution in [3.8, 4) is 0 Å². The van der Waals surface area contributed by atoms with E-state index in [1.807, 2.05) is 31.9 Å². The van der Waals surface area contributed by atoms with E-state index in [0.717, 1.165) is 72.4 Å². The number of ether oxygens (including phenoxy) is 1. The second kappa shape index (κ2) is 9.06. The van der Waals surface area contributed by atoms with E-state index in [1.54, 1.807) is 11.3 Å². The predicted octanol–water partition coefficient (Wildman–Crippen LogP) is 6.40. The molecule has 1 fully saturated rings. The van der Waals surface area contributed by atoms with E-state index in [1.165, 1.54) is 10.2 Å². The molecule has 0 atom stereocenters. The van der Waals surface area contributed by atoms with Gasteiger partial charge in [0.15, 0.2) is 0 Å². The van der Waals surface area contributed by atoms with Gasteiger partial charge in [-0.2, -0.15) is 0 Å². The quantitative estimate of drug-likeness (QED) is 0.401. The second-order valence-corrected chi connectivity index (χ2v) is 11.8. The Morgan fingerprint density at radius 2 is 2.03 bits per heavy atom. The zero-order chi connectivity index (χ0) is 22.2. The largest absolute Gasteiger partial charge is 0.444 e. The molecule has 0 unspecified atom stereocenters. The van der Waals surface area contributed by atoms with Gasteiger partial charge in [0.1, 0.15) is 16.9 Å². The molecule has 0 spiro atoms. The van der Waals surface area contributed by atoms with Crippen molar-refractivity contribution in [2.75, 3.05) is 13.1 Å². The number of hydrogen-bond acceptors (Lipinski definition) is 5. The number of amides is 1. The molecule has 3 aromatic heterocycles. The molecule has 1 amide bonds. The van der Waals surface area contributed by atoms with Gasteiger partial charge >= 0.3 is 6.09 Å². The zero-order valence-corrected chi connectivity index (χ0v) is 21.2. The summed E-state index contributed by atoms with van der Waals surface area (Å²) in [5.41, 5.74) is 2.76. The van der Waals surface area contributed by atoms with Crippen molar-refractivity contribution in [3.63, 3.8) is 0 Å². The van der Waals surface area contributed by atoms with Crippen LogP contribution in [-0.2, 0) is 17.7 Å². The first-order valence-corrected chi connectivity index (χ1v) is 12.8. The van der Waals surface area contributed by atoms with Crippen LogP contribution in [0, 0.1) is 5.92 Å². The molecule has 0 aliphatic carbocycles. The second-order valence-electron chi connectivity index (χ2n) is 9.41. The minimum absolute atomic E-state index is 0.195. The molecule has 0 saturated carbocycles. The fraction of sp³-hybridized carbons (Fsp3) is 0.609. The van der Waals surface area contributed by atoms with Crippen LogP contribution in [0.3, 0.4) is 0 Å². The molecule has 3 aromatic rings. The summed E-state index contributed by atoms with van der Waals surface area (Å²) in [5.74, 6) is 1.67. The van der Waals surface area contributed by atoms with Crippen LogP contribution in [0.5, 0.6) is 0 Å². The Bertz CT molecular complexity index is 1080. The lowest BCUT2D eigenvalue weighted by molar-refractivity contribution is 0.0178. The van der Waals surface area contributed by atoms with Crippen molar-refractivity contribution >= 4 is 54.6 Å². The molecule has 1 aliphatic heterocycles. The Kier molecular flexibility index (Phi) is 6.58. The number of aryl methyl sites for hydroxylation is 1. The van der Waals surface area contributed by atoms with Crippen LogP contribution in [0.1, 0.15) is 59.2 Å². The van der Waals surface area contributed by atoms with E-state index >= 15 is 0 Å². The number of piperidine rings is 1. The van der Waals surface area contributed by atoms with Crippen LogP contribution in [0.25, 0.3) is 21.3 Å². The van der Waals surface area contributed by atoms with E-state index in [4.69, 9.17) is 9.72 Å². The predicted molar refractivity (Wildman–Crippen MR) is 130 cm³/mol. The summed E-state index contributed by atoms with van der Waals surface area (Å²) < 4.78 is 10.3. The Morgan fingerprint density at radius 1 is 1.29 bits per heavy atom. The molecular formula is C23H31BrN4O2S. The minimum atomic E-state index is -0.452. The summed E-state index contributed by atoms with van der Waals surface area (Å²) in [6, 6.07) is 2.09. The molecule has 8 heteroatoms. The molecule has 0 bridgehead atoms. The van der Waals surface area contributed by atoms with Crippen LogP contribution in [0.15, 0.2) is 16.0 Å². The highest BCUT2D eigenvalue weighted by molar-refractivity contribution is 9.11. The first-order chi connectivity index (χ1) is 14.7. The highest BCUT2D eigenvalue weighted by atomic mass is 79.9. The van der Waals surface area contributed by atoms with Gasteiger partial charge in [-0.3, -0.25) is 4.98 Å². The summed E-state index contributed by atoms with van der Waals surface area (Å²) >= 11 is 5.35. The van der Waals surface area contributed by atoms with Crippen molar-refractivity contribution in [1.82, 2.24) is 19.4 Å². The summed E-state index contributed by atoms with van der Waals surface area (Å²) in [6.45, 7) is 10.4. The number of carbonyl (C=O) groups excluding carboxylic acids is 1. The number of unbranched alkanes of at least 4 members (excludes halogenated alkanes) is 1. The minimum Gasteiger partial charge on any atom is -0.444 e. The Balaban J connectivity index is 1.56. The molecule has 4 rings (SSSR count). The Hall–Kier alpha value is -1.67. The molecule has 0 aromatic carbocycles. The van der Waals surface area contributed by atoms with E-state index in [2.05, 4.69) is 38.5 Å². The smallest absolute Gasteiger partial charge is 0.410 e. The number of fused-ring (bicyclic) bond motifs is 3. The van der Waals surface area contributed by atoms with Crippen molar-refractivity contribution < 1.29 is 9.53 Å². The molecule has 1 saturated heterocycles. The topological polar surface area (TPSA) is 60.2 Å². The number of hydrogen-bond donors (Lipinski definition) is 0. The summed E-state index contributed by atoms with van der Waals surface area (Å²) in [7, 11) is 0. The lowest BCUT2D eigenvalue weighted by atomic mass is 9.96. The van der Waals surface area contributed by atoms with Crippen LogP contribution in [0.4, 0.5) is 4.79 Å². The maximum absolute atomic E-state index is 12.4. The van der Waals surface area contributed by atoms with Gasteiger partial charge in [0, 0.05) is 26.1 Å². The van der Waals surface area contributed by atoms with Crippen molar-refractivity contribution in [2.45, 2.75) is 71.9 Å². The molecule has 1 aliphatic rings. The molecular weight excluding hydrogens is 476 g/mol. The highest BCUT2D eigenvalue weighted by Gasteiger charge is 2.28. The number of halogens is 1. The first-order valence-electron chi connectivity index (χ1n) is 11.2. The number of nitrogens with zero attached hydrogens (tertiary/aromatic N) is 4. The maximum atomic E-state index is 12.4. The first kappa shape index (κ1) is 22.5.